The lowest BCUT2D eigenvalue weighted by Crippen LogP contribution is -2.09. The van der Waals surface area contributed by atoms with E-state index >= 15 is 0 Å². The van der Waals surface area contributed by atoms with Crippen LogP contribution in [0, 0.1) is 0 Å². The van der Waals surface area contributed by atoms with Crippen LogP contribution in [0.2, 0.25) is 0 Å². The first-order valence-corrected chi connectivity index (χ1v) is 56.9. The van der Waals surface area contributed by atoms with Crippen LogP contribution < -0.4 is 40.1 Å². The first-order chi connectivity index (χ1) is 64.4. The van der Waals surface area contributed by atoms with Crippen molar-refractivity contribution in [2.75, 3.05) is 0 Å². The molecule has 0 radical (unpaired) electrons. The molecule has 133 heavy (non-hydrogen) atoms. The number of nitrogens with two attached hydrogens (primary N) is 7. The summed E-state index contributed by atoms with van der Waals surface area (Å²) in [6.45, 7) is 15.7. The number of rotatable bonds is 97. The standard InChI is InChI=1S/C18H37NO.C18H35NO.C18H33NO.C18H31NO.C16H33NO.C16H31NO.C14H29NO.CH4/c4*1-2-3-4-5-6-7-8-9-10-11-12-13-14-15-16-17-18(19)20;2*1-2-3-4-5-6-7-8-9-10-11-12-13-14-15-16(17)18;1-2-3-4-5-6-7-8-9-10-11-12-13-14(15)16;/h2-17H2,1H3,(H2,19,20);9-10H,2-8,11-17H2,1H3,(H2,19,20);6-7,9-10H,2-5,8,11-17H2,1H3,(H2,19,20);3-4,6-7,9-10H,2,5,8,11-17H2,1H3,(H2,19,20);2-15H2,1H3,(H2,17,18);7-8H,2-6,9-15H2,1H3,(H2,17,18);2-13H2,1H3,(H2,15,16);1H4/b;10-9-;7-6-,10-9-;4-3-,7-6-,10-9-;;8-7-;;. The van der Waals surface area contributed by atoms with Crippen molar-refractivity contribution in [3.8, 4) is 0 Å². The second-order valence-corrected chi connectivity index (χ2v) is 37.8. The Morgan fingerprint density at radius 2 is 0.233 bits per heavy atom. The summed E-state index contributed by atoms with van der Waals surface area (Å²) in [7, 11) is 0. The average molecular weight is 1870 g/mol. The Balaban J connectivity index is -0.000000228. The van der Waals surface area contributed by atoms with Gasteiger partial charge in [0.05, 0.1) is 0 Å². The highest BCUT2D eigenvalue weighted by atomic mass is 16.2. The van der Waals surface area contributed by atoms with Gasteiger partial charge < -0.3 is 40.1 Å². The van der Waals surface area contributed by atoms with Crippen molar-refractivity contribution in [3.63, 3.8) is 0 Å². The van der Waals surface area contributed by atoms with Crippen LogP contribution in [0.3, 0.4) is 0 Å². The Kier molecular flexibility index (Phi) is 150. The molecule has 0 aliphatic heterocycles. The van der Waals surface area contributed by atoms with Crippen LogP contribution in [-0.2, 0) is 33.6 Å². The minimum Gasteiger partial charge on any atom is -0.370 e. The minimum atomic E-state index is -0.175. The van der Waals surface area contributed by atoms with Crippen LogP contribution >= 0.6 is 0 Å². The van der Waals surface area contributed by atoms with E-state index in [9.17, 15) is 33.6 Å². The fourth-order valence-electron chi connectivity index (χ4n) is 15.4. The third kappa shape index (κ3) is 176. The van der Waals surface area contributed by atoms with Crippen molar-refractivity contribution < 1.29 is 33.6 Å². The smallest absolute Gasteiger partial charge is 0.217 e. The van der Waals surface area contributed by atoms with E-state index in [4.69, 9.17) is 40.1 Å². The number of amides is 7. The van der Waals surface area contributed by atoms with Gasteiger partial charge in [-0.1, -0.05) is 513 Å². The molecule has 7 amide bonds. The largest absolute Gasteiger partial charge is 0.370 e. The molecule has 0 bridgehead atoms. The predicted octanol–water partition coefficient (Wildman–Crippen LogP) is 36.1. The van der Waals surface area contributed by atoms with Crippen molar-refractivity contribution in [2.24, 2.45) is 40.1 Å². The first kappa shape index (κ1) is 143. The number of hydrogen-bond acceptors (Lipinski definition) is 7. The lowest BCUT2D eigenvalue weighted by Gasteiger charge is -2.03. The summed E-state index contributed by atoms with van der Waals surface area (Å²) < 4.78 is 0. The van der Waals surface area contributed by atoms with E-state index in [2.05, 4.69) is 134 Å². The summed E-state index contributed by atoms with van der Waals surface area (Å²) in [5.41, 5.74) is 35.6. The van der Waals surface area contributed by atoms with Crippen molar-refractivity contribution in [3.05, 3.63) is 85.1 Å². The number of carbonyl (C=O) groups is 7. The van der Waals surface area contributed by atoms with Crippen molar-refractivity contribution in [1.29, 1.82) is 0 Å². The minimum absolute atomic E-state index is 0. The number of carbonyl (C=O) groups excluding carboxylic acids is 7. The molecule has 0 rings (SSSR count). The van der Waals surface area contributed by atoms with Crippen LogP contribution in [0.5, 0.6) is 0 Å². The molecule has 0 aromatic rings. The summed E-state index contributed by atoms with van der Waals surface area (Å²) in [6, 6.07) is 0. The average Bonchev–Trinajstić information content (AvgIpc) is 1.11. The van der Waals surface area contributed by atoms with Crippen LogP contribution in [0.15, 0.2) is 85.1 Å². The van der Waals surface area contributed by atoms with E-state index in [0.717, 1.165) is 96.3 Å². The Morgan fingerprint density at radius 3 is 0.376 bits per heavy atom. The van der Waals surface area contributed by atoms with Gasteiger partial charge >= 0.3 is 0 Å². The summed E-state index contributed by atoms with van der Waals surface area (Å²) in [5, 5.41) is 0. The van der Waals surface area contributed by atoms with Gasteiger partial charge in [-0.15, -0.1) is 0 Å². The van der Waals surface area contributed by atoms with Gasteiger partial charge in [-0.25, -0.2) is 0 Å². The fourth-order valence-corrected chi connectivity index (χ4v) is 15.4. The van der Waals surface area contributed by atoms with Crippen molar-refractivity contribution >= 4 is 41.4 Å². The van der Waals surface area contributed by atoms with Crippen LogP contribution in [0.4, 0.5) is 0 Å². The zero-order valence-electron chi connectivity index (χ0n) is 89.1. The van der Waals surface area contributed by atoms with E-state index in [0.29, 0.717) is 44.9 Å². The molecular formula is C119H233N7O7. The third-order valence-corrected chi connectivity index (χ3v) is 23.9. The predicted molar refractivity (Wildman–Crippen MR) is 590 cm³/mol. The van der Waals surface area contributed by atoms with E-state index in [1.165, 1.54) is 437 Å². The Labute approximate surface area is 829 Å². The maximum atomic E-state index is 10.6. The molecule has 0 heterocycles. The molecule has 14 heteroatoms. The van der Waals surface area contributed by atoms with Gasteiger partial charge in [-0.2, -0.15) is 0 Å². The molecule has 0 aromatic heterocycles. The summed E-state index contributed by atoms with van der Waals surface area (Å²) in [6.07, 6.45) is 142. The van der Waals surface area contributed by atoms with Gasteiger partial charge in [0.1, 0.15) is 0 Å². The third-order valence-electron chi connectivity index (χ3n) is 23.9. The number of hydrogen-bond donors (Lipinski definition) is 7. The highest BCUT2D eigenvalue weighted by Gasteiger charge is 2.04. The van der Waals surface area contributed by atoms with Crippen LogP contribution in [-0.4, -0.2) is 41.4 Å². The Morgan fingerprint density at radius 1 is 0.135 bits per heavy atom. The maximum Gasteiger partial charge on any atom is 0.217 e. The van der Waals surface area contributed by atoms with Crippen molar-refractivity contribution in [2.45, 2.75) is 634 Å². The Bertz CT molecular complexity index is 2490. The van der Waals surface area contributed by atoms with Crippen LogP contribution in [0.25, 0.3) is 0 Å². The molecule has 0 atom stereocenters. The molecule has 0 aromatic carbocycles. The number of unbranched alkanes of at least 4 members (excludes halogenated alkanes) is 69. The van der Waals surface area contributed by atoms with Gasteiger partial charge in [0.2, 0.25) is 41.4 Å². The van der Waals surface area contributed by atoms with Gasteiger partial charge in [-0.3, -0.25) is 33.6 Å². The van der Waals surface area contributed by atoms with E-state index < -0.39 is 0 Å². The highest BCUT2D eigenvalue weighted by Crippen LogP contribution is 2.19. The second-order valence-electron chi connectivity index (χ2n) is 37.8. The number of primary amides is 7. The second kappa shape index (κ2) is 139. The monoisotopic (exact) mass is 1870 g/mol. The summed E-state index contributed by atoms with van der Waals surface area (Å²) in [4.78, 5) is 73.7. The SMILES string of the molecule is C.CC/C=C\C/C=C\C/C=C\CCCCCCCC(N)=O.CCCCC/C=C\C/C=C\CCCCCCCC(N)=O.CCCCCC/C=C\CCCCCCCC(N)=O.CCCCCCCC/C=C\CCCCCCCC(N)=O.CCCCCCCCCCCCCC(N)=O.CCCCCCCCCCCCCCCC(N)=O.CCCCCCCCCCCCCCCCCC(N)=O. The zero-order valence-corrected chi connectivity index (χ0v) is 89.1. The van der Waals surface area contributed by atoms with Gasteiger partial charge in [0.25, 0.3) is 0 Å². The molecule has 14 N–H and O–H groups in total. The van der Waals surface area contributed by atoms with E-state index in [1.54, 1.807) is 0 Å². The fraction of sp³-hybridized carbons (Fsp3) is 0.824. The molecule has 786 valence electrons. The molecule has 0 unspecified atom stereocenters. The van der Waals surface area contributed by atoms with Gasteiger partial charge in [0.15, 0.2) is 0 Å². The lowest BCUT2D eigenvalue weighted by atomic mass is 10.0. The van der Waals surface area contributed by atoms with Gasteiger partial charge in [-0.05, 0) is 161 Å². The lowest BCUT2D eigenvalue weighted by molar-refractivity contribution is -0.119. The molecule has 0 aliphatic rings. The first-order valence-electron chi connectivity index (χ1n) is 56.9. The molecular weight excluding hydrogens is 1640 g/mol. The Hall–Kier alpha value is -5.53. The topological polar surface area (TPSA) is 302 Å². The zero-order chi connectivity index (χ0) is 98.6. The van der Waals surface area contributed by atoms with Crippen LogP contribution in [0.1, 0.15) is 634 Å². The molecule has 0 spiro atoms. The van der Waals surface area contributed by atoms with E-state index in [1.807, 2.05) is 0 Å². The van der Waals surface area contributed by atoms with E-state index in [-0.39, 0.29) is 48.8 Å². The number of allylic oxidation sites excluding steroid dienone is 14. The highest BCUT2D eigenvalue weighted by molar-refractivity contribution is 5.75. The summed E-state index contributed by atoms with van der Waals surface area (Å²) >= 11 is 0. The molecule has 0 saturated heterocycles. The quantitative estimate of drug-likeness (QED) is 0.0228. The molecule has 14 nitrogen and oxygen atoms in total. The molecule has 0 fully saturated rings. The molecule has 0 aliphatic carbocycles. The summed E-state index contributed by atoms with van der Waals surface area (Å²) in [5.74, 6) is -1.14. The maximum absolute atomic E-state index is 10.6. The van der Waals surface area contributed by atoms with Gasteiger partial charge in [0, 0.05) is 44.9 Å². The molecule has 0 saturated carbocycles. The normalized spacial score (nSPS) is 11.1. The van der Waals surface area contributed by atoms with Crippen molar-refractivity contribution in [1.82, 2.24) is 0 Å².